The summed E-state index contributed by atoms with van der Waals surface area (Å²) in [5.41, 5.74) is 3.63. The molecular formula is C22H22N3O2+. The maximum atomic E-state index is 5.25. The first-order chi connectivity index (χ1) is 13.3. The largest absolute Gasteiger partial charge is 0.497 e. The molecule has 5 nitrogen and oxygen atoms in total. The Labute approximate surface area is 158 Å². The maximum Gasteiger partial charge on any atom is 0.403 e. The first-order valence-electron chi connectivity index (χ1n) is 8.87. The third kappa shape index (κ3) is 3.62. The molecule has 0 spiro atoms. The van der Waals surface area contributed by atoms with Crippen molar-refractivity contribution in [2.24, 2.45) is 0 Å². The summed E-state index contributed by atoms with van der Waals surface area (Å²) in [6, 6.07) is 18.3. The van der Waals surface area contributed by atoms with Gasteiger partial charge in [0, 0.05) is 12.5 Å². The minimum Gasteiger partial charge on any atom is -0.497 e. The van der Waals surface area contributed by atoms with Gasteiger partial charge >= 0.3 is 5.78 Å². The van der Waals surface area contributed by atoms with Gasteiger partial charge in [0.2, 0.25) is 0 Å². The average Bonchev–Trinajstić information content (AvgIpc) is 3.06. The van der Waals surface area contributed by atoms with Gasteiger partial charge in [0.1, 0.15) is 29.6 Å². The third-order valence-corrected chi connectivity index (χ3v) is 4.65. The van der Waals surface area contributed by atoms with Gasteiger partial charge in [-0.25, -0.2) is 8.97 Å². The second-order valence-corrected chi connectivity index (χ2v) is 6.41. The zero-order chi connectivity index (χ0) is 18.6. The number of benzene rings is 2. The second kappa shape index (κ2) is 7.50. The smallest absolute Gasteiger partial charge is 0.403 e. The van der Waals surface area contributed by atoms with Crippen molar-refractivity contribution in [3.8, 4) is 11.5 Å². The molecule has 0 saturated carbocycles. The highest BCUT2D eigenvalue weighted by molar-refractivity contribution is 5.32. The number of aromatic nitrogens is 3. The van der Waals surface area contributed by atoms with Gasteiger partial charge in [-0.2, -0.15) is 0 Å². The third-order valence-electron chi connectivity index (χ3n) is 4.65. The van der Waals surface area contributed by atoms with Crippen molar-refractivity contribution in [2.45, 2.75) is 13.0 Å². The molecule has 0 aliphatic rings. The summed E-state index contributed by atoms with van der Waals surface area (Å²) >= 11 is 0. The SMILES string of the molecule is COc1ccc(Cc2c[n+](Cc3ccc(OC)cc3)c3ncccn23)cc1. The molecule has 0 atom stereocenters. The van der Waals surface area contributed by atoms with Crippen molar-refractivity contribution in [1.29, 1.82) is 0 Å². The molecule has 0 N–H and O–H groups in total. The molecule has 2 heterocycles. The van der Waals surface area contributed by atoms with Crippen molar-refractivity contribution < 1.29 is 14.0 Å². The number of hydrogen-bond acceptors (Lipinski definition) is 3. The number of rotatable bonds is 6. The number of ether oxygens (including phenoxy) is 2. The topological polar surface area (TPSA) is 39.6 Å². The fourth-order valence-electron chi connectivity index (χ4n) is 3.23. The molecule has 0 radical (unpaired) electrons. The van der Waals surface area contributed by atoms with Crippen LogP contribution in [0.2, 0.25) is 0 Å². The van der Waals surface area contributed by atoms with Crippen molar-refractivity contribution in [2.75, 3.05) is 14.2 Å². The Morgan fingerprint density at radius 3 is 2.15 bits per heavy atom. The van der Waals surface area contributed by atoms with Crippen LogP contribution in [0.5, 0.6) is 11.5 Å². The van der Waals surface area contributed by atoms with Gasteiger partial charge in [0.25, 0.3) is 0 Å². The molecule has 4 rings (SSSR count). The summed E-state index contributed by atoms with van der Waals surface area (Å²) in [5, 5.41) is 0. The van der Waals surface area contributed by atoms with Gasteiger partial charge in [-0.15, -0.1) is 0 Å². The van der Waals surface area contributed by atoms with Crippen LogP contribution in [-0.2, 0) is 13.0 Å². The average molecular weight is 360 g/mol. The lowest BCUT2D eigenvalue weighted by Gasteiger charge is -2.02. The molecule has 0 amide bonds. The highest BCUT2D eigenvalue weighted by atomic mass is 16.5. The number of imidazole rings is 1. The van der Waals surface area contributed by atoms with E-state index < -0.39 is 0 Å². The Balaban J connectivity index is 1.65. The predicted molar refractivity (Wildman–Crippen MR) is 103 cm³/mol. The quantitative estimate of drug-likeness (QED) is 0.496. The molecule has 2 aromatic carbocycles. The molecule has 0 aliphatic carbocycles. The number of hydrogen-bond donors (Lipinski definition) is 0. The number of fused-ring (bicyclic) bond motifs is 1. The van der Waals surface area contributed by atoms with Crippen molar-refractivity contribution in [1.82, 2.24) is 9.38 Å². The van der Waals surface area contributed by atoms with E-state index in [0.29, 0.717) is 0 Å². The molecule has 0 saturated heterocycles. The van der Waals surface area contributed by atoms with Gasteiger partial charge in [-0.3, -0.25) is 0 Å². The van der Waals surface area contributed by atoms with E-state index in [0.717, 1.165) is 30.2 Å². The standard InChI is InChI=1S/C22H22N3O2/c1-26-20-8-4-17(5-9-20)14-19-16-24(22-23-12-3-13-25(19)22)15-18-6-10-21(27-2)11-7-18/h3-13,16H,14-15H2,1-2H3/q+1. The Bertz CT molecular complexity index is 954. The minimum atomic E-state index is 0.757. The van der Waals surface area contributed by atoms with E-state index in [2.05, 4.69) is 50.6 Å². The summed E-state index contributed by atoms with van der Waals surface area (Å²) < 4.78 is 14.8. The Morgan fingerprint density at radius 1 is 0.889 bits per heavy atom. The molecule has 4 aromatic rings. The second-order valence-electron chi connectivity index (χ2n) is 6.41. The molecule has 0 bridgehead atoms. The van der Waals surface area contributed by atoms with Crippen LogP contribution in [-0.4, -0.2) is 23.6 Å². The van der Waals surface area contributed by atoms with E-state index in [1.54, 1.807) is 14.2 Å². The normalized spacial score (nSPS) is 10.9. The Kier molecular flexibility index (Phi) is 4.75. The minimum absolute atomic E-state index is 0.757. The van der Waals surface area contributed by atoms with Crippen molar-refractivity contribution in [3.05, 3.63) is 90.0 Å². The number of nitrogens with zero attached hydrogens (tertiary/aromatic N) is 3. The van der Waals surface area contributed by atoms with Crippen LogP contribution in [0.1, 0.15) is 16.8 Å². The highest BCUT2D eigenvalue weighted by Crippen LogP contribution is 2.16. The number of methoxy groups -OCH3 is 2. The van der Waals surface area contributed by atoms with Crippen LogP contribution in [0.25, 0.3) is 5.78 Å². The van der Waals surface area contributed by atoms with E-state index in [1.807, 2.05) is 36.5 Å². The molecule has 0 aliphatic heterocycles. The zero-order valence-electron chi connectivity index (χ0n) is 15.5. The van der Waals surface area contributed by atoms with Crippen LogP contribution in [0.3, 0.4) is 0 Å². The Hall–Kier alpha value is -3.34. The Morgan fingerprint density at radius 2 is 1.52 bits per heavy atom. The predicted octanol–water partition coefficient (Wildman–Crippen LogP) is 3.28. The van der Waals surface area contributed by atoms with E-state index in [-0.39, 0.29) is 0 Å². The lowest BCUT2D eigenvalue weighted by molar-refractivity contribution is -0.664. The van der Waals surface area contributed by atoms with Gasteiger partial charge < -0.3 is 9.47 Å². The first-order valence-corrected chi connectivity index (χ1v) is 8.87. The monoisotopic (exact) mass is 360 g/mol. The summed E-state index contributed by atoms with van der Waals surface area (Å²) in [5.74, 6) is 2.66. The van der Waals surface area contributed by atoms with Crippen LogP contribution in [0, 0.1) is 0 Å². The molecule has 136 valence electrons. The molecule has 0 fully saturated rings. The van der Waals surface area contributed by atoms with E-state index in [9.17, 15) is 0 Å². The summed E-state index contributed by atoms with van der Waals surface area (Å²) in [6.07, 6.45) is 6.89. The fourth-order valence-corrected chi connectivity index (χ4v) is 3.23. The van der Waals surface area contributed by atoms with Crippen molar-refractivity contribution >= 4 is 5.78 Å². The van der Waals surface area contributed by atoms with E-state index >= 15 is 0 Å². The molecule has 0 unspecified atom stereocenters. The van der Waals surface area contributed by atoms with Gasteiger partial charge in [-0.05, 0) is 35.4 Å². The van der Waals surface area contributed by atoms with Gasteiger partial charge in [0.05, 0.1) is 27.0 Å². The summed E-state index contributed by atoms with van der Waals surface area (Å²) in [4.78, 5) is 4.58. The highest BCUT2D eigenvalue weighted by Gasteiger charge is 2.17. The fraction of sp³-hybridized carbons (Fsp3) is 0.182. The van der Waals surface area contributed by atoms with Crippen molar-refractivity contribution in [3.63, 3.8) is 0 Å². The van der Waals surface area contributed by atoms with Crippen LogP contribution < -0.4 is 14.0 Å². The summed E-state index contributed by atoms with van der Waals surface area (Å²) in [7, 11) is 3.36. The van der Waals surface area contributed by atoms with Crippen LogP contribution in [0.15, 0.2) is 73.2 Å². The van der Waals surface area contributed by atoms with Gasteiger partial charge in [-0.1, -0.05) is 29.2 Å². The van der Waals surface area contributed by atoms with E-state index in [1.165, 1.54) is 16.8 Å². The first kappa shape index (κ1) is 17.1. The molecule has 5 heteroatoms. The molecule has 27 heavy (non-hydrogen) atoms. The molecular weight excluding hydrogens is 338 g/mol. The molecule has 2 aromatic heterocycles. The zero-order valence-corrected chi connectivity index (χ0v) is 15.5. The maximum absolute atomic E-state index is 5.25. The van der Waals surface area contributed by atoms with E-state index in [4.69, 9.17) is 9.47 Å². The lowest BCUT2D eigenvalue weighted by atomic mass is 10.1. The van der Waals surface area contributed by atoms with Gasteiger partial charge in [0.15, 0.2) is 0 Å². The lowest BCUT2D eigenvalue weighted by Crippen LogP contribution is -2.33. The van der Waals surface area contributed by atoms with Crippen LogP contribution >= 0.6 is 0 Å². The summed E-state index contributed by atoms with van der Waals surface area (Å²) in [6.45, 7) is 0.757. The van der Waals surface area contributed by atoms with Crippen LogP contribution in [0.4, 0.5) is 0 Å².